The highest BCUT2D eigenvalue weighted by Gasteiger charge is 2.34. The van der Waals surface area contributed by atoms with E-state index in [2.05, 4.69) is 5.32 Å². The summed E-state index contributed by atoms with van der Waals surface area (Å²) >= 11 is 0. The van der Waals surface area contributed by atoms with Gasteiger partial charge in [0.05, 0.1) is 11.1 Å². The van der Waals surface area contributed by atoms with E-state index in [0.29, 0.717) is 0 Å². The lowest BCUT2D eigenvalue weighted by molar-refractivity contribution is -0.385. The molecule has 22 heavy (non-hydrogen) atoms. The lowest BCUT2D eigenvalue weighted by Crippen LogP contribution is -2.52. The van der Waals surface area contributed by atoms with Gasteiger partial charge in [0.1, 0.15) is 11.6 Å². The number of nitrogens with one attached hydrogen (secondary N) is 1. The fraction of sp³-hybridized carbons (Fsp3) is 0.462. The summed E-state index contributed by atoms with van der Waals surface area (Å²) in [4.78, 5) is 45.2. The Hall–Kier alpha value is -2.71. The number of pyridine rings is 1. The van der Waals surface area contributed by atoms with Crippen molar-refractivity contribution in [2.75, 3.05) is 0 Å². The normalized spacial score (nSPS) is 12.5. The second kappa shape index (κ2) is 6.37. The number of aliphatic carboxylic acids is 1. The van der Waals surface area contributed by atoms with Crippen LogP contribution >= 0.6 is 0 Å². The van der Waals surface area contributed by atoms with Crippen LogP contribution in [0, 0.1) is 10.1 Å². The summed E-state index contributed by atoms with van der Waals surface area (Å²) in [5.74, 6) is -1.91. The Morgan fingerprint density at radius 2 is 2.05 bits per heavy atom. The molecule has 0 saturated heterocycles. The Kier molecular flexibility index (Phi) is 5.02. The van der Waals surface area contributed by atoms with Gasteiger partial charge in [-0.05, 0) is 20.3 Å². The zero-order valence-electron chi connectivity index (χ0n) is 12.4. The van der Waals surface area contributed by atoms with Crippen LogP contribution in [0.3, 0.4) is 0 Å². The number of nitro groups is 1. The molecule has 1 amide bonds. The summed E-state index contributed by atoms with van der Waals surface area (Å²) in [5, 5.41) is 22.1. The molecule has 0 aromatic carbocycles. The smallest absolute Gasteiger partial charge is 0.326 e. The molecule has 2 N–H and O–H groups in total. The second-order valence-corrected chi connectivity index (χ2v) is 5.18. The second-order valence-electron chi connectivity index (χ2n) is 5.18. The maximum Gasteiger partial charge on any atom is 0.326 e. The van der Waals surface area contributed by atoms with Gasteiger partial charge in [-0.15, -0.1) is 0 Å². The van der Waals surface area contributed by atoms with Crippen molar-refractivity contribution in [3.05, 3.63) is 38.8 Å². The van der Waals surface area contributed by atoms with Crippen molar-refractivity contribution >= 4 is 17.6 Å². The maximum atomic E-state index is 12.3. The molecule has 9 heteroatoms. The van der Waals surface area contributed by atoms with Crippen molar-refractivity contribution < 1.29 is 19.6 Å². The molecule has 0 spiro atoms. The summed E-state index contributed by atoms with van der Waals surface area (Å²) in [6.07, 6.45) is 1.13. The quantitative estimate of drug-likeness (QED) is 0.580. The fourth-order valence-corrected chi connectivity index (χ4v) is 1.80. The van der Waals surface area contributed by atoms with E-state index in [9.17, 15) is 24.5 Å². The predicted octanol–water partition coefficient (Wildman–Crippen LogP) is 0.471. The van der Waals surface area contributed by atoms with Gasteiger partial charge < -0.3 is 10.4 Å². The average Bonchev–Trinajstić information content (AvgIpc) is 2.43. The Labute approximate surface area is 125 Å². The van der Waals surface area contributed by atoms with E-state index >= 15 is 0 Å². The van der Waals surface area contributed by atoms with E-state index in [1.165, 1.54) is 13.8 Å². The zero-order valence-corrected chi connectivity index (χ0v) is 12.4. The molecule has 1 unspecified atom stereocenters. The van der Waals surface area contributed by atoms with Gasteiger partial charge in [0.25, 0.3) is 11.2 Å². The Morgan fingerprint density at radius 1 is 1.45 bits per heavy atom. The van der Waals surface area contributed by atoms with Crippen LogP contribution in [0.2, 0.25) is 0 Å². The van der Waals surface area contributed by atoms with Crippen molar-refractivity contribution in [3.63, 3.8) is 0 Å². The van der Waals surface area contributed by atoms with E-state index in [1.54, 1.807) is 6.92 Å². The van der Waals surface area contributed by atoms with Crippen molar-refractivity contribution in [2.24, 2.45) is 0 Å². The number of rotatable bonds is 6. The van der Waals surface area contributed by atoms with Crippen LogP contribution in [-0.2, 0) is 15.1 Å². The molecule has 0 aliphatic heterocycles. The highest BCUT2D eigenvalue weighted by Crippen LogP contribution is 2.17. The first-order chi connectivity index (χ1) is 10.1. The maximum absolute atomic E-state index is 12.3. The molecule has 1 atom stereocenters. The molecule has 0 radical (unpaired) electrons. The third-order valence-corrected chi connectivity index (χ3v) is 3.28. The largest absolute Gasteiger partial charge is 0.480 e. The summed E-state index contributed by atoms with van der Waals surface area (Å²) in [6.45, 7) is 4.34. The molecule has 1 aromatic rings. The summed E-state index contributed by atoms with van der Waals surface area (Å²) in [5.41, 5.74) is -2.42. The van der Waals surface area contributed by atoms with E-state index in [-0.39, 0.29) is 12.1 Å². The van der Waals surface area contributed by atoms with E-state index in [4.69, 9.17) is 5.11 Å². The number of nitrogens with zero attached hydrogens (tertiary/aromatic N) is 2. The van der Waals surface area contributed by atoms with Crippen LogP contribution in [-0.4, -0.2) is 32.5 Å². The number of carboxylic acid groups (broad SMARTS) is 1. The summed E-state index contributed by atoms with van der Waals surface area (Å²) in [6, 6.07) is 0.932. The molecule has 0 bridgehead atoms. The average molecular weight is 311 g/mol. The fourth-order valence-electron chi connectivity index (χ4n) is 1.80. The first-order valence-corrected chi connectivity index (χ1v) is 6.52. The molecule has 1 rings (SSSR count). The van der Waals surface area contributed by atoms with Gasteiger partial charge in [0, 0.05) is 12.1 Å². The number of carboxylic acids is 1. The van der Waals surface area contributed by atoms with Crippen LogP contribution in [0.15, 0.2) is 23.1 Å². The highest BCUT2D eigenvalue weighted by molar-refractivity contribution is 5.88. The molecule has 1 heterocycles. The molecule has 1 aromatic heterocycles. The molecular formula is C13H17N3O6. The highest BCUT2D eigenvalue weighted by atomic mass is 16.6. The third-order valence-electron chi connectivity index (χ3n) is 3.28. The van der Waals surface area contributed by atoms with Gasteiger partial charge in [-0.1, -0.05) is 6.92 Å². The van der Waals surface area contributed by atoms with Crippen LogP contribution in [0.1, 0.15) is 27.2 Å². The minimum absolute atomic E-state index is 0.168. The lowest BCUT2D eigenvalue weighted by atomic mass is 10.0. The molecule has 0 fully saturated rings. The van der Waals surface area contributed by atoms with Crippen molar-refractivity contribution in [2.45, 2.75) is 38.8 Å². The monoisotopic (exact) mass is 311 g/mol. The number of carbonyl (C=O) groups excluding carboxylic acids is 1. The van der Waals surface area contributed by atoms with E-state index in [1.807, 2.05) is 0 Å². The van der Waals surface area contributed by atoms with Gasteiger partial charge in [0.2, 0.25) is 5.91 Å². The van der Waals surface area contributed by atoms with Crippen LogP contribution in [0.25, 0.3) is 0 Å². The molecule has 0 saturated carbocycles. The zero-order chi connectivity index (χ0) is 17.1. The van der Waals surface area contributed by atoms with Gasteiger partial charge in [-0.2, -0.15) is 0 Å². The van der Waals surface area contributed by atoms with Crippen molar-refractivity contribution in [1.29, 1.82) is 0 Å². The predicted molar refractivity (Wildman–Crippen MR) is 76.5 cm³/mol. The molecule has 9 nitrogen and oxygen atoms in total. The number of hydrogen-bond donors (Lipinski definition) is 2. The van der Waals surface area contributed by atoms with Crippen LogP contribution < -0.4 is 10.9 Å². The van der Waals surface area contributed by atoms with Gasteiger partial charge >= 0.3 is 5.97 Å². The van der Waals surface area contributed by atoms with E-state index in [0.717, 1.165) is 22.9 Å². The molecule has 0 aliphatic carbocycles. The Balaban J connectivity index is 3.20. The SMILES string of the molecule is CCC(NC(=O)C(C)(C)n1cc([N+](=O)[O-])ccc1=O)C(=O)O. The number of carbonyl (C=O) groups is 2. The topological polar surface area (TPSA) is 132 Å². The Bertz CT molecular complexity index is 664. The first kappa shape index (κ1) is 17.3. The minimum Gasteiger partial charge on any atom is -0.480 e. The van der Waals surface area contributed by atoms with Crippen molar-refractivity contribution in [3.8, 4) is 0 Å². The first-order valence-electron chi connectivity index (χ1n) is 6.52. The Morgan fingerprint density at radius 3 is 2.50 bits per heavy atom. The summed E-state index contributed by atoms with van der Waals surface area (Å²) < 4.78 is 0.912. The van der Waals surface area contributed by atoms with Crippen LogP contribution in [0.5, 0.6) is 0 Å². The van der Waals surface area contributed by atoms with Gasteiger partial charge in [0.15, 0.2) is 0 Å². The minimum atomic E-state index is -1.48. The number of aromatic nitrogens is 1. The van der Waals surface area contributed by atoms with Crippen molar-refractivity contribution in [1.82, 2.24) is 9.88 Å². The van der Waals surface area contributed by atoms with Gasteiger partial charge in [-0.3, -0.25) is 24.3 Å². The molecule has 120 valence electrons. The molecule has 0 aliphatic rings. The molecular weight excluding hydrogens is 294 g/mol. The number of amides is 1. The standard InChI is InChI=1S/C13H17N3O6/c1-4-9(11(18)19)14-12(20)13(2,3)15-7-8(16(21)22)5-6-10(15)17/h5-7,9H,4H2,1-3H3,(H,14,20)(H,18,19). The number of hydrogen-bond acceptors (Lipinski definition) is 5. The van der Waals surface area contributed by atoms with Crippen LogP contribution in [0.4, 0.5) is 5.69 Å². The third kappa shape index (κ3) is 3.48. The van der Waals surface area contributed by atoms with E-state index < -0.39 is 33.9 Å². The van der Waals surface area contributed by atoms with Gasteiger partial charge in [-0.25, -0.2) is 4.79 Å². The summed E-state index contributed by atoms with van der Waals surface area (Å²) in [7, 11) is 0. The lowest BCUT2D eigenvalue weighted by Gasteiger charge is -2.27.